The average molecular weight is 299 g/mol. The van der Waals surface area contributed by atoms with Gasteiger partial charge in [0.2, 0.25) is 0 Å². The number of rotatable bonds is 2. The van der Waals surface area contributed by atoms with Gasteiger partial charge in [0, 0.05) is 12.7 Å². The standard InChI is InChI=1S/C11H11BrN2O3/c12-9-4-3-7(6-13-9)10(15)14-5-1-2-8(14)11(16)17/h3-4,6,8H,1-2,5H2,(H,16,17)/t8-/m0/s1. The van der Waals surface area contributed by atoms with E-state index in [0.717, 1.165) is 6.42 Å². The normalized spacial score (nSPS) is 19.4. The van der Waals surface area contributed by atoms with Crippen molar-refractivity contribution in [1.82, 2.24) is 9.88 Å². The van der Waals surface area contributed by atoms with Crippen molar-refractivity contribution in [2.24, 2.45) is 0 Å². The van der Waals surface area contributed by atoms with Crippen molar-refractivity contribution in [3.8, 4) is 0 Å². The van der Waals surface area contributed by atoms with Crippen LogP contribution in [0.25, 0.3) is 0 Å². The molecule has 1 fully saturated rings. The summed E-state index contributed by atoms with van der Waals surface area (Å²) in [7, 11) is 0. The maximum atomic E-state index is 12.1. The third-order valence-corrected chi connectivity index (χ3v) is 3.24. The molecule has 2 heterocycles. The second kappa shape index (κ2) is 4.83. The SMILES string of the molecule is O=C(O)[C@@H]1CCCN1C(=O)c1ccc(Br)nc1. The number of likely N-dealkylation sites (tertiary alicyclic amines) is 1. The number of amides is 1. The van der Waals surface area contributed by atoms with Crippen molar-refractivity contribution < 1.29 is 14.7 Å². The molecule has 1 aliphatic heterocycles. The van der Waals surface area contributed by atoms with Gasteiger partial charge in [-0.25, -0.2) is 9.78 Å². The Hall–Kier alpha value is -1.43. The third-order valence-electron chi connectivity index (χ3n) is 2.77. The highest BCUT2D eigenvalue weighted by Crippen LogP contribution is 2.20. The van der Waals surface area contributed by atoms with Crippen LogP contribution in [0.3, 0.4) is 0 Å². The molecule has 0 saturated carbocycles. The molecular weight excluding hydrogens is 288 g/mol. The summed E-state index contributed by atoms with van der Waals surface area (Å²) >= 11 is 3.18. The highest BCUT2D eigenvalue weighted by atomic mass is 79.9. The largest absolute Gasteiger partial charge is 0.480 e. The first kappa shape index (κ1) is 12.0. The Balaban J connectivity index is 2.19. The van der Waals surface area contributed by atoms with Crippen LogP contribution in [0.1, 0.15) is 23.2 Å². The van der Waals surface area contributed by atoms with Crippen LogP contribution in [0.4, 0.5) is 0 Å². The Labute approximate surface area is 107 Å². The van der Waals surface area contributed by atoms with E-state index in [2.05, 4.69) is 20.9 Å². The molecule has 1 aromatic rings. The number of aliphatic carboxylic acids is 1. The summed E-state index contributed by atoms with van der Waals surface area (Å²) < 4.78 is 0.644. The van der Waals surface area contributed by atoms with Crippen LogP contribution in [0.15, 0.2) is 22.9 Å². The van der Waals surface area contributed by atoms with Crippen molar-refractivity contribution in [3.63, 3.8) is 0 Å². The third kappa shape index (κ3) is 2.46. The molecule has 0 unspecified atom stereocenters. The number of nitrogens with zero attached hydrogens (tertiary/aromatic N) is 2. The Kier molecular flexibility index (Phi) is 3.42. The molecule has 1 aliphatic rings. The molecule has 0 aliphatic carbocycles. The van der Waals surface area contributed by atoms with Gasteiger partial charge in [0.15, 0.2) is 0 Å². The molecule has 1 saturated heterocycles. The predicted molar refractivity (Wildman–Crippen MR) is 63.6 cm³/mol. The molecule has 0 radical (unpaired) electrons. The number of aromatic nitrogens is 1. The van der Waals surface area contributed by atoms with Crippen LogP contribution < -0.4 is 0 Å². The molecule has 1 amide bonds. The summed E-state index contributed by atoms with van der Waals surface area (Å²) in [4.78, 5) is 28.4. The molecule has 1 atom stereocenters. The molecule has 2 rings (SSSR count). The van der Waals surface area contributed by atoms with E-state index >= 15 is 0 Å². The molecule has 6 heteroatoms. The van der Waals surface area contributed by atoms with E-state index in [9.17, 15) is 9.59 Å². The fraction of sp³-hybridized carbons (Fsp3) is 0.364. The van der Waals surface area contributed by atoms with Gasteiger partial charge in [0.1, 0.15) is 10.6 Å². The lowest BCUT2D eigenvalue weighted by molar-refractivity contribution is -0.141. The van der Waals surface area contributed by atoms with Crippen LogP contribution in [0, 0.1) is 0 Å². The second-order valence-corrected chi connectivity index (χ2v) is 4.68. The molecule has 90 valence electrons. The molecule has 1 N–H and O–H groups in total. The number of carboxylic acids is 1. The zero-order valence-electron chi connectivity index (χ0n) is 8.97. The van der Waals surface area contributed by atoms with Crippen molar-refractivity contribution >= 4 is 27.8 Å². The van der Waals surface area contributed by atoms with Crippen LogP contribution in [0.2, 0.25) is 0 Å². The topological polar surface area (TPSA) is 70.5 Å². The monoisotopic (exact) mass is 298 g/mol. The van der Waals surface area contributed by atoms with Gasteiger partial charge in [-0.15, -0.1) is 0 Å². The number of hydrogen-bond acceptors (Lipinski definition) is 3. The lowest BCUT2D eigenvalue weighted by atomic mass is 10.2. The van der Waals surface area contributed by atoms with Gasteiger partial charge in [-0.1, -0.05) is 0 Å². The number of hydrogen-bond donors (Lipinski definition) is 1. The number of carbonyl (C=O) groups is 2. The highest BCUT2D eigenvalue weighted by Gasteiger charge is 2.34. The Morgan fingerprint density at radius 1 is 1.47 bits per heavy atom. The second-order valence-electron chi connectivity index (χ2n) is 3.86. The van der Waals surface area contributed by atoms with Crippen molar-refractivity contribution in [3.05, 3.63) is 28.5 Å². The maximum absolute atomic E-state index is 12.1. The molecule has 0 bridgehead atoms. The first-order valence-electron chi connectivity index (χ1n) is 5.25. The molecule has 0 aromatic carbocycles. The molecule has 17 heavy (non-hydrogen) atoms. The summed E-state index contributed by atoms with van der Waals surface area (Å²) in [5.74, 6) is -1.21. The maximum Gasteiger partial charge on any atom is 0.326 e. The van der Waals surface area contributed by atoms with E-state index in [1.54, 1.807) is 12.1 Å². The summed E-state index contributed by atoms with van der Waals surface area (Å²) in [6.45, 7) is 0.492. The van der Waals surface area contributed by atoms with E-state index in [4.69, 9.17) is 5.11 Å². The summed E-state index contributed by atoms with van der Waals surface area (Å²) in [5, 5.41) is 9.01. The van der Waals surface area contributed by atoms with Crippen LogP contribution >= 0.6 is 15.9 Å². The van der Waals surface area contributed by atoms with E-state index in [0.29, 0.717) is 23.1 Å². The van der Waals surface area contributed by atoms with Crippen molar-refractivity contribution in [1.29, 1.82) is 0 Å². The average Bonchev–Trinajstić information content (AvgIpc) is 2.78. The van der Waals surface area contributed by atoms with Gasteiger partial charge in [-0.2, -0.15) is 0 Å². The van der Waals surface area contributed by atoms with Crippen LogP contribution in [-0.2, 0) is 4.79 Å². The first-order chi connectivity index (χ1) is 8.09. The minimum atomic E-state index is -0.944. The fourth-order valence-electron chi connectivity index (χ4n) is 1.93. The smallest absolute Gasteiger partial charge is 0.326 e. The lowest BCUT2D eigenvalue weighted by Gasteiger charge is -2.21. The first-order valence-corrected chi connectivity index (χ1v) is 6.04. The minimum absolute atomic E-state index is 0.269. The Morgan fingerprint density at radius 3 is 2.82 bits per heavy atom. The predicted octanol–water partition coefficient (Wildman–Crippen LogP) is 1.53. The number of pyridine rings is 1. The highest BCUT2D eigenvalue weighted by molar-refractivity contribution is 9.10. The minimum Gasteiger partial charge on any atom is -0.480 e. The fourth-order valence-corrected chi connectivity index (χ4v) is 2.17. The van der Waals surface area contributed by atoms with Gasteiger partial charge in [0.25, 0.3) is 5.91 Å². The number of carbonyl (C=O) groups excluding carboxylic acids is 1. The zero-order valence-corrected chi connectivity index (χ0v) is 10.6. The van der Waals surface area contributed by atoms with Gasteiger partial charge in [-0.3, -0.25) is 4.79 Å². The van der Waals surface area contributed by atoms with Gasteiger partial charge < -0.3 is 10.0 Å². The van der Waals surface area contributed by atoms with Gasteiger partial charge in [0.05, 0.1) is 5.56 Å². The number of halogens is 1. The van der Waals surface area contributed by atoms with Crippen LogP contribution in [0.5, 0.6) is 0 Å². The summed E-state index contributed by atoms with van der Waals surface area (Å²) in [6.07, 6.45) is 2.70. The molecule has 5 nitrogen and oxygen atoms in total. The zero-order chi connectivity index (χ0) is 12.4. The molecule has 0 spiro atoms. The van der Waals surface area contributed by atoms with Gasteiger partial charge >= 0.3 is 5.97 Å². The quantitative estimate of drug-likeness (QED) is 0.841. The molecular formula is C11H11BrN2O3. The Morgan fingerprint density at radius 2 is 2.24 bits per heavy atom. The van der Waals surface area contributed by atoms with E-state index in [1.165, 1.54) is 11.1 Å². The Bertz CT molecular complexity index is 447. The van der Waals surface area contributed by atoms with Gasteiger partial charge in [-0.05, 0) is 40.9 Å². The summed E-state index contributed by atoms with van der Waals surface area (Å²) in [5.41, 5.74) is 0.418. The lowest BCUT2D eigenvalue weighted by Crippen LogP contribution is -2.40. The van der Waals surface area contributed by atoms with E-state index in [1.807, 2.05) is 0 Å². The number of carboxylic acid groups (broad SMARTS) is 1. The summed E-state index contributed by atoms with van der Waals surface area (Å²) in [6, 6.07) is 2.60. The molecule has 1 aromatic heterocycles. The van der Waals surface area contributed by atoms with Crippen molar-refractivity contribution in [2.45, 2.75) is 18.9 Å². The van der Waals surface area contributed by atoms with E-state index < -0.39 is 12.0 Å². The van der Waals surface area contributed by atoms with E-state index in [-0.39, 0.29) is 5.91 Å². The van der Waals surface area contributed by atoms with Crippen molar-refractivity contribution in [2.75, 3.05) is 6.54 Å². The van der Waals surface area contributed by atoms with Crippen LogP contribution in [-0.4, -0.2) is 39.5 Å².